The Morgan fingerprint density at radius 3 is 2.65 bits per heavy atom. The lowest BCUT2D eigenvalue weighted by Gasteiger charge is -2.19. The van der Waals surface area contributed by atoms with Crippen LogP contribution in [0.5, 0.6) is 0 Å². The fourth-order valence-corrected chi connectivity index (χ4v) is 2.16. The number of hydrogen-bond donors (Lipinski definition) is 1. The first-order chi connectivity index (χ1) is 9.57. The molecule has 0 saturated carbocycles. The summed E-state index contributed by atoms with van der Waals surface area (Å²) >= 11 is 0. The maximum atomic E-state index is 12.2. The highest BCUT2D eigenvalue weighted by Gasteiger charge is 2.47. The van der Waals surface area contributed by atoms with Crippen molar-refractivity contribution in [3.05, 3.63) is 42.0 Å². The van der Waals surface area contributed by atoms with E-state index in [1.165, 1.54) is 12.0 Å². The van der Waals surface area contributed by atoms with E-state index in [-0.39, 0.29) is 25.1 Å². The van der Waals surface area contributed by atoms with Crippen molar-refractivity contribution in [1.29, 1.82) is 0 Å². The number of methoxy groups -OCH3 is 1. The molecule has 1 heterocycles. The number of nitrogens with one attached hydrogen (secondary N) is 1. The van der Waals surface area contributed by atoms with Gasteiger partial charge in [-0.15, -0.1) is 0 Å². The van der Waals surface area contributed by atoms with E-state index in [0.717, 1.165) is 5.56 Å². The molecule has 0 bridgehead atoms. The highest BCUT2D eigenvalue weighted by molar-refractivity contribution is 6.07. The number of urea groups is 1. The predicted octanol–water partition coefficient (Wildman–Crippen LogP) is 1.66. The van der Waals surface area contributed by atoms with Crippen molar-refractivity contribution in [3.63, 3.8) is 0 Å². The lowest BCUT2D eigenvalue weighted by molar-refractivity contribution is -0.132. The Bertz CT molecular complexity index is 527. The van der Waals surface area contributed by atoms with Crippen LogP contribution in [0.1, 0.15) is 12.5 Å². The van der Waals surface area contributed by atoms with Crippen LogP contribution in [0.2, 0.25) is 0 Å². The lowest BCUT2D eigenvalue weighted by Crippen LogP contribution is -2.47. The minimum absolute atomic E-state index is 0.163. The Morgan fingerprint density at radius 2 is 2.00 bits per heavy atom. The predicted molar refractivity (Wildman–Crippen MR) is 76.0 cm³/mol. The van der Waals surface area contributed by atoms with Crippen molar-refractivity contribution < 1.29 is 14.3 Å². The van der Waals surface area contributed by atoms with Gasteiger partial charge in [0.1, 0.15) is 5.54 Å². The number of nitrogens with zero attached hydrogens (tertiary/aromatic N) is 1. The summed E-state index contributed by atoms with van der Waals surface area (Å²) in [6, 6.07) is 9.33. The number of amides is 3. The second-order valence-corrected chi connectivity index (χ2v) is 4.92. The van der Waals surface area contributed by atoms with Gasteiger partial charge in [-0.3, -0.25) is 9.69 Å². The molecular weight excluding hydrogens is 256 g/mol. The van der Waals surface area contributed by atoms with Gasteiger partial charge < -0.3 is 10.1 Å². The van der Waals surface area contributed by atoms with E-state index in [9.17, 15) is 9.59 Å². The van der Waals surface area contributed by atoms with Gasteiger partial charge in [0.05, 0.1) is 6.61 Å². The normalized spacial score (nSPS) is 22.6. The first kappa shape index (κ1) is 14.3. The molecule has 1 aliphatic heterocycles. The highest BCUT2D eigenvalue weighted by Crippen LogP contribution is 2.17. The van der Waals surface area contributed by atoms with Gasteiger partial charge in [0.2, 0.25) is 0 Å². The maximum Gasteiger partial charge on any atom is 0.325 e. The van der Waals surface area contributed by atoms with E-state index in [2.05, 4.69) is 5.32 Å². The Balaban J connectivity index is 2.02. The fourth-order valence-electron chi connectivity index (χ4n) is 2.16. The largest absolute Gasteiger partial charge is 0.382 e. The average molecular weight is 274 g/mol. The monoisotopic (exact) mass is 274 g/mol. The summed E-state index contributed by atoms with van der Waals surface area (Å²) < 4.78 is 4.99. The molecule has 106 valence electrons. The molecule has 1 saturated heterocycles. The summed E-state index contributed by atoms with van der Waals surface area (Å²) in [6.07, 6.45) is 3.68. The fraction of sp³-hybridized carbons (Fsp3) is 0.333. The third-order valence-corrected chi connectivity index (χ3v) is 3.18. The molecule has 0 radical (unpaired) electrons. The van der Waals surface area contributed by atoms with Gasteiger partial charge in [0.25, 0.3) is 5.91 Å². The molecule has 0 spiro atoms. The van der Waals surface area contributed by atoms with Crippen molar-refractivity contribution in [2.45, 2.75) is 12.5 Å². The molecule has 0 aliphatic carbocycles. The Hall–Kier alpha value is -2.14. The minimum atomic E-state index is -0.966. The van der Waals surface area contributed by atoms with Crippen LogP contribution >= 0.6 is 0 Å². The first-order valence-electron chi connectivity index (χ1n) is 6.41. The maximum absolute atomic E-state index is 12.2. The summed E-state index contributed by atoms with van der Waals surface area (Å²) in [4.78, 5) is 25.2. The number of carbonyl (C=O) groups is 2. The van der Waals surface area contributed by atoms with Crippen LogP contribution in [-0.2, 0) is 9.53 Å². The van der Waals surface area contributed by atoms with Gasteiger partial charge in [-0.25, -0.2) is 4.79 Å². The number of hydrogen-bond acceptors (Lipinski definition) is 3. The van der Waals surface area contributed by atoms with Gasteiger partial charge in [-0.05, 0) is 12.5 Å². The second kappa shape index (κ2) is 5.88. The number of imide groups is 1. The van der Waals surface area contributed by atoms with Gasteiger partial charge >= 0.3 is 6.03 Å². The van der Waals surface area contributed by atoms with E-state index in [1.807, 2.05) is 36.4 Å². The minimum Gasteiger partial charge on any atom is -0.382 e. The van der Waals surface area contributed by atoms with Crippen LogP contribution in [0.4, 0.5) is 4.79 Å². The zero-order valence-electron chi connectivity index (χ0n) is 11.6. The molecule has 0 aromatic heterocycles. The molecule has 5 nitrogen and oxygen atoms in total. The molecule has 1 aliphatic rings. The Kier molecular flexibility index (Phi) is 4.20. The Labute approximate surface area is 118 Å². The van der Waals surface area contributed by atoms with E-state index < -0.39 is 5.54 Å². The quantitative estimate of drug-likeness (QED) is 0.831. The standard InChI is InChI=1S/C15H18N2O3/c1-15(11-20-2)13(18)17(14(19)16-15)10-6-9-12-7-4-3-5-8-12/h3-9H,10-11H2,1-2H3,(H,16,19)/b9-6-/t15-/m1/s1. The van der Waals surface area contributed by atoms with Crippen LogP contribution in [0, 0.1) is 0 Å². The van der Waals surface area contributed by atoms with Gasteiger partial charge in [0, 0.05) is 13.7 Å². The zero-order valence-corrected chi connectivity index (χ0v) is 11.6. The van der Waals surface area contributed by atoms with E-state index >= 15 is 0 Å². The lowest BCUT2D eigenvalue weighted by atomic mass is 10.0. The highest BCUT2D eigenvalue weighted by atomic mass is 16.5. The number of ether oxygens (including phenoxy) is 1. The van der Waals surface area contributed by atoms with Crippen LogP contribution in [-0.4, -0.2) is 42.6 Å². The molecule has 5 heteroatoms. The van der Waals surface area contributed by atoms with Gasteiger partial charge in [-0.2, -0.15) is 0 Å². The number of carbonyl (C=O) groups excluding carboxylic acids is 2. The smallest absolute Gasteiger partial charge is 0.325 e. The molecular formula is C15H18N2O3. The summed E-state index contributed by atoms with van der Waals surface area (Å²) in [5, 5.41) is 2.66. The first-order valence-corrected chi connectivity index (χ1v) is 6.41. The third-order valence-electron chi connectivity index (χ3n) is 3.18. The van der Waals surface area contributed by atoms with Crippen molar-refractivity contribution in [3.8, 4) is 0 Å². The van der Waals surface area contributed by atoms with E-state index in [4.69, 9.17) is 4.74 Å². The van der Waals surface area contributed by atoms with Crippen LogP contribution in [0.3, 0.4) is 0 Å². The molecule has 2 rings (SSSR count). The van der Waals surface area contributed by atoms with Gasteiger partial charge in [-0.1, -0.05) is 42.5 Å². The Morgan fingerprint density at radius 1 is 1.30 bits per heavy atom. The van der Waals surface area contributed by atoms with Crippen molar-refractivity contribution in [2.75, 3.05) is 20.3 Å². The van der Waals surface area contributed by atoms with E-state index in [1.54, 1.807) is 13.0 Å². The third kappa shape index (κ3) is 2.88. The van der Waals surface area contributed by atoms with Crippen LogP contribution in [0.15, 0.2) is 36.4 Å². The SMILES string of the molecule is COC[C@@]1(C)NC(=O)N(C/C=C\c2ccccc2)C1=O. The van der Waals surface area contributed by atoms with Gasteiger partial charge in [0.15, 0.2) is 0 Å². The molecule has 1 aromatic carbocycles. The molecule has 1 N–H and O–H groups in total. The molecule has 20 heavy (non-hydrogen) atoms. The van der Waals surface area contributed by atoms with Crippen LogP contribution < -0.4 is 5.32 Å². The molecule has 1 atom stereocenters. The summed E-state index contributed by atoms with van der Waals surface area (Å²) in [6.45, 7) is 2.08. The van der Waals surface area contributed by atoms with Crippen molar-refractivity contribution in [2.24, 2.45) is 0 Å². The zero-order chi connectivity index (χ0) is 14.6. The molecule has 0 unspecified atom stereocenters. The molecule has 1 fully saturated rings. The van der Waals surface area contributed by atoms with Crippen LogP contribution in [0.25, 0.3) is 6.08 Å². The molecule has 3 amide bonds. The number of rotatable bonds is 5. The van der Waals surface area contributed by atoms with E-state index in [0.29, 0.717) is 0 Å². The van der Waals surface area contributed by atoms with Crippen molar-refractivity contribution in [1.82, 2.24) is 10.2 Å². The second-order valence-electron chi connectivity index (χ2n) is 4.92. The summed E-state index contributed by atoms with van der Waals surface area (Å²) in [5.74, 6) is -0.262. The number of benzene rings is 1. The topological polar surface area (TPSA) is 58.6 Å². The van der Waals surface area contributed by atoms with Crippen molar-refractivity contribution >= 4 is 18.0 Å². The summed E-state index contributed by atoms with van der Waals surface area (Å²) in [5.41, 5.74) is 0.0612. The molecule has 1 aromatic rings. The summed E-state index contributed by atoms with van der Waals surface area (Å²) in [7, 11) is 1.50. The average Bonchev–Trinajstić information content (AvgIpc) is 2.63.